The second kappa shape index (κ2) is 7.07. The molecule has 1 aliphatic rings. The molecule has 1 fully saturated rings. The van der Waals surface area contributed by atoms with Gasteiger partial charge in [-0.2, -0.15) is 0 Å². The van der Waals surface area contributed by atoms with Crippen molar-refractivity contribution in [2.45, 2.75) is 32.1 Å². The van der Waals surface area contributed by atoms with Gasteiger partial charge in [-0.1, -0.05) is 0 Å². The molecule has 0 saturated heterocycles. The van der Waals surface area contributed by atoms with Crippen LogP contribution in [0.4, 0.5) is 0 Å². The van der Waals surface area contributed by atoms with Crippen LogP contribution in [0.15, 0.2) is 0 Å². The number of nitrogens with one attached hydrogen (secondary N) is 1. The van der Waals surface area contributed by atoms with Gasteiger partial charge in [0.1, 0.15) is 0 Å². The van der Waals surface area contributed by atoms with Gasteiger partial charge >= 0.3 is 5.97 Å². The fourth-order valence-electron chi connectivity index (χ4n) is 2.05. The third-order valence-corrected chi connectivity index (χ3v) is 3.00. The van der Waals surface area contributed by atoms with Crippen molar-refractivity contribution in [3.63, 3.8) is 0 Å². The molecule has 1 aliphatic carbocycles. The van der Waals surface area contributed by atoms with Crippen LogP contribution in [0.5, 0.6) is 0 Å². The molecule has 0 aromatic rings. The standard InChI is InChI=1S/C10H19NO2.ClH/c1-11-7-6-8-2-4-9(5-3-8)10(12)13;/h8-9,11H,2-7H2,1H3,(H,12,13);1H. The van der Waals surface area contributed by atoms with Crippen LogP contribution in [0.2, 0.25) is 0 Å². The van der Waals surface area contributed by atoms with Crippen molar-refractivity contribution in [2.75, 3.05) is 13.6 Å². The van der Waals surface area contributed by atoms with Crippen molar-refractivity contribution in [3.8, 4) is 0 Å². The Hall–Kier alpha value is -0.280. The summed E-state index contributed by atoms with van der Waals surface area (Å²) in [6, 6.07) is 0. The SMILES string of the molecule is CNCCC1CCC(C(=O)O)CC1.Cl. The number of aliphatic carboxylic acids is 1. The van der Waals surface area contributed by atoms with Gasteiger partial charge in [-0.15, -0.1) is 12.4 Å². The highest BCUT2D eigenvalue weighted by atomic mass is 35.5. The van der Waals surface area contributed by atoms with Gasteiger partial charge in [0.2, 0.25) is 0 Å². The first-order valence-corrected chi connectivity index (χ1v) is 5.11. The highest BCUT2D eigenvalue weighted by Gasteiger charge is 2.25. The van der Waals surface area contributed by atoms with E-state index in [9.17, 15) is 4.79 Å². The first-order chi connectivity index (χ1) is 6.24. The largest absolute Gasteiger partial charge is 0.481 e. The molecular formula is C10H20ClNO2. The van der Waals surface area contributed by atoms with E-state index in [4.69, 9.17) is 5.11 Å². The molecule has 0 atom stereocenters. The molecule has 0 spiro atoms. The van der Waals surface area contributed by atoms with Gasteiger partial charge in [0.15, 0.2) is 0 Å². The lowest BCUT2D eigenvalue weighted by Gasteiger charge is -2.25. The zero-order valence-electron chi connectivity index (χ0n) is 8.66. The molecular weight excluding hydrogens is 202 g/mol. The normalized spacial score (nSPS) is 26.6. The Labute approximate surface area is 91.7 Å². The van der Waals surface area contributed by atoms with Crippen molar-refractivity contribution in [1.29, 1.82) is 0 Å². The molecule has 3 nitrogen and oxygen atoms in total. The van der Waals surface area contributed by atoms with Crippen LogP contribution in [0.1, 0.15) is 32.1 Å². The number of rotatable bonds is 4. The Morgan fingerprint density at radius 1 is 1.36 bits per heavy atom. The van der Waals surface area contributed by atoms with Crippen LogP contribution in [-0.2, 0) is 4.79 Å². The average molecular weight is 222 g/mol. The fourth-order valence-corrected chi connectivity index (χ4v) is 2.05. The van der Waals surface area contributed by atoms with E-state index in [0.717, 1.165) is 38.1 Å². The number of hydrogen-bond donors (Lipinski definition) is 2. The minimum atomic E-state index is -0.605. The fraction of sp³-hybridized carbons (Fsp3) is 0.900. The second-order valence-electron chi connectivity index (χ2n) is 3.95. The Balaban J connectivity index is 0.00000169. The van der Waals surface area contributed by atoms with Gasteiger partial charge in [0, 0.05) is 0 Å². The number of carboxylic acid groups (broad SMARTS) is 1. The lowest BCUT2D eigenvalue weighted by Crippen LogP contribution is -2.23. The minimum Gasteiger partial charge on any atom is -0.481 e. The molecule has 4 heteroatoms. The molecule has 0 amide bonds. The Bertz CT molecular complexity index is 168. The number of halogens is 1. The highest BCUT2D eigenvalue weighted by Crippen LogP contribution is 2.30. The molecule has 1 saturated carbocycles. The number of carboxylic acids is 1. The summed E-state index contributed by atoms with van der Waals surface area (Å²) >= 11 is 0. The first kappa shape index (κ1) is 13.7. The van der Waals surface area contributed by atoms with Crippen molar-refractivity contribution in [3.05, 3.63) is 0 Å². The molecule has 14 heavy (non-hydrogen) atoms. The van der Waals surface area contributed by atoms with E-state index >= 15 is 0 Å². The smallest absolute Gasteiger partial charge is 0.306 e. The summed E-state index contributed by atoms with van der Waals surface area (Å²) in [5.41, 5.74) is 0. The molecule has 1 rings (SSSR count). The van der Waals surface area contributed by atoms with Crippen molar-refractivity contribution in [2.24, 2.45) is 11.8 Å². The molecule has 0 aromatic carbocycles. The predicted molar refractivity (Wildman–Crippen MR) is 58.9 cm³/mol. The van der Waals surface area contributed by atoms with E-state index in [1.807, 2.05) is 7.05 Å². The predicted octanol–water partition coefficient (Wildman–Crippen LogP) is 1.91. The minimum absolute atomic E-state index is 0. The van der Waals surface area contributed by atoms with Crippen molar-refractivity contribution in [1.82, 2.24) is 5.32 Å². The van der Waals surface area contributed by atoms with E-state index in [2.05, 4.69) is 5.32 Å². The van der Waals surface area contributed by atoms with Gasteiger partial charge in [0.05, 0.1) is 5.92 Å². The van der Waals surface area contributed by atoms with E-state index in [1.54, 1.807) is 0 Å². The second-order valence-corrected chi connectivity index (χ2v) is 3.95. The molecule has 0 aromatic heterocycles. The molecule has 0 bridgehead atoms. The molecule has 0 unspecified atom stereocenters. The van der Waals surface area contributed by atoms with Crippen molar-refractivity contribution < 1.29 is 9.90 Å². The molecule has 0 heterocycles. The van der Waals surface area contributed by atoms with Crippen LogP contribution >= 0.6 is 12.4 Å². The summed E-state index contributed by atoms with van der Waals surface area (Å²) < 4.78 is 0. The summed E-state index contributed by atoms with van der Waals surface area (Å²) in [6.07, 6.45) is 5.15. The summed E-state index contributed by atoms with van der Waals surface area (Å²) in [5, 5.41) is 11.9. The highest BCUT2D eigenvalue weighted by molar-refractivity contribution is 5.85. The van der Waals surface area contributed by atoms with Crippen LogP contribution < -0.4 is 5.32 Å². The molecule has 0 aliphatic heterocycles. The first-order valence-electron chi connectivity index (χ1n) is 5.11. The van der Waals surface area contributed by atoms with Gasteiger partial charge < -0.3 is 10.4 Å². The summed E-state index contributed by atoms with van der Waals surface area (Å²) in [5.74, 6) is 0.0842. The number of hydrogen-bond acceptors (Lipinski definition) is 2. The van der Waals surface area contributed by atoms with Gasteiger partial charge in [-0.3, -0.25) is 4.79 Å². The molecule has 84 valence electrons. The zero-order valence-corrected chi connectivity index (χ0v) is 9.48. The summed E-state index contributed by atoms with van der Waals surface area (Å²) in [4.78, 5) is 10.7. The average Bonchev–Trinajstić information content (AvgIpc) is 2.15. The molecule has 2 N–H and O–H groups in total. The third-order valence-electron chi connectivity index (χ3n) is 3.00. The molecule has 0 radical (unpaired) electrons. The quantitative estimate of drug-likeness (QED) is 0.763. The van der Waals surface area contributed by atoms with Crippen LogP contribution in [-0.4, -0.2) is 24.7 Å². The van der Waals surface area contributed by atoms with Crippen LogP contribution in [0.3, 0.4) is 0 Å². The maximum Gasteiger partial charge on any atom is 0.306 e. The number of carbonyl (C=O) groups is 1. The van der Waals surface area contributed by atoms with Gasteiger partial charge in [0.25, 0.3) is 0 Å². The van der Waals surface area contributed by atoms with Gasteiger partial charge in [-0.05, 0) is 51.6 Å². The van der Waals surface area contributed by atoms with Crippen molar-refractivity contribution >= 4 is 18.4 Å². The lowest BCUT2D eigenvalue weighted by atomic mass is 9.80. The van der Waals surface area contributed by atoms with E-state index in [1.165, 1.54) is 6.42 Å². The lowest BCUT2D eigenvalue weighted by molar-refractivity contribution is -0.143. The summed E-state index contributed by atoms with van der Waals surface area (Å²) in [6.45, 7) is 1.06. The Morgan fingerprint density at radius 2 is 1.93 bits per heavy atom. The monoisotopic (exact) mass is 221 g/mol. The van der Waals surface area contributed by atoms with E-state index in [0.29, 0.717) is 0 Å². The van der Waals surface area contributed by atoms with E-state index in [-0.39, 0.29) is 18.3 Å². The van der Waals surface area contributed by atoms with Gasteiger partial charge in [-0.25, -0.2) is 0 Å². The Kier molecular flexibility index (Phi) is 6.93. The van der Waals surface area contributed by atoms with Crippen LogP contribution in [0.25, 0.3) is 0 Å². The van der Waals surface area contributed by atoms with E-state index < -0.39 is 5.97 Å². The van der Waals surface area contributed by atoms with Crippen LogP contribution in [0, 0.1) is 11.8 Å². The third kappa shape index (κ3) is 4.29. The maximum absolute atomic E-state index is 10.7. The topological polar surface area (TPSA) is 49.3 Å². The zero-order chi connectivity index (χ0) is 9.68. The maximum atomic E-state index is 10.7. The summed E-state index contributed by atoms with van der Waals surface area (Å²) in [7, 11) is 1.96. The Morgan fingerprint density at radius 3 is 2.36 bits per heavy atom.